The van der Waals surface area contributed by atoms with Gasteiger partial charge in [-0.25, -0.2) is 9.48 Å². The number of anilines is 1. The van der Waals surface area contributed by atoms with Crippen molar-refractivity contribution in [1.82, 2.24) is 15.0 Å². The number of nitrogens with zero attached hydrogens (tertiary/aromatic N) is 3. The number of carbonyl (C=O) groups is 1. The highest BCUT2D eigenvalue weighted by atomic mass is 16.4. The van der Waals surface area contributed by atoms with E-state index in [1.54, 1.807) is 29.1 Å². The van der Waals surface area contributed by atoms with Crippen LogP contribution in [0.5, 0.6) is 0 Å². The first-order valence-corrected chi connectivity index (χ1v) is 6.20. The third kappa shape index (κ3) is 2.62. The van der Waals surface area contributed by atoms with E-state index in [2.05, 4.69) is 10.3 Å². The number of carboxylic acids is 1. The standard InChI is InChI=1S/C14H12N4O3/c15-10-3-1-9(2-4-10)12-7-16-17-18(12)8-11-5-6-13(21-11)14(19)20/h1-7H,8,15H2,(H,19,20). The predicted octanol–water partition coefficient (Wildman–Crippen LogP) is 1.87. The number of aromatic carboxylic acids is 1. The molecule has 0 unspecified atom stereocenters. The number of rotatable bonds is 4. The third-order valence-corrected chi connectivity index (χ3v) is 3.00. The lowest BCUT2D eigenvalue weighted by Crippen LogP contribution is -2.03. The van der Waals surface area contributed by atoms with Gasteiger partial charge in [-0.15, -0.1) is 5.10 Å². The molecule has 0 aliphatic heterocycles. The van der Waals surface area contributed by atoms with Gasteiger partial charge in [0.2, 0.25) is 5.76 Å². The average molecular weight is 284 g/mol. The van der Waals surface area contributed by atoms with Crippen LogP contribution in [0.2, 0.25) is 0 Å². The summed E-state index contributed by atoms with van der Waals surface area (Å²) in [7, 11) is 0. The maximum atomic E-state index is 10.8. The summed E-state index contributed by atoms with van der Waals surface area (Å²) in [5.41, 5.74) is 8.05. The minimum Gasteiger partial charge on any atom is -0.475 e. The first-order chi connectivity index (χ1) is 10.1. The molecular formula is C14H12N4O3. The second-order valence-electron chi connectivity index (χ2n) is 4.47. The van der Waals surface area contributed by atoms with Gasteiger partial charge in [-0.05, 0) is 24.3 Å². The van der Waals surface area contributed by atoms with Gasteiger partial charge in [-0.1, -0.05) is 17.3 Å². The zero-order valence-corrected chi connectivity index (χ0v) is 10.9. The fraction of sp³-hybridized carbons (Fsp3) is 0.0714. The summed E-state index contributed by atoms with van der Waals surface area (Å²) >= 11 is 0. The lowest BCUT2D eigenvalue weighted by molar-refractivity contribution is 0.0660. The van der Waals surface area contributed by atoms with Crippen molar-refractivity contribution in [2.45, 2.75) is 6.54 Å². The molecule has 0 radical (unpaired) electrons. The predicted molar refractivity (Wildman–Crippen MR) is 74.6 cm³/mol. The Kier molecular flexibility index (Phi) is 3.15. The van der Waals surface area contributed by atoms with Gasteiger partial charge in [0, 0.05) is 11.3 Å². The van der Waals surface area contributed by atoms with Crippen LogP contribution in [0.4, 0.5) is 5.69 Å². The van der Waals surface area contributed by atoms with Gasteiger partial charge >= 0.3 is 5.97 Å². The number of hydrogen-bond acceptors (Lipinski definition) is 5. The molecule has 0 fully saturated rings. The Labute approximate surface area is 119 Å². The Morgan fingerprint density at radius 1 is 1.24 bits per heavy atom. The fourth-order valence-corrected chi connectivity index (χ4v) is 1.98. The van der Waals surface area contributed by atoms with E-state index in [1.807, 2.05) is 12.1 Å². The fourth-order valence-electron chi connectivity index (χ4n) is 1.98. The van der Waals surface area contributed by atoms with Crippen LogP contribution >= 0.6 is 0 Å². The minimum absolute atomic E-state index is 0.0980. The molecule has 0 bridgehead atoms. The maximum absolute atomic E-state index is 10.8. The van der Waals surface area contributed by atoms with Crippen molar-refractivity contribution in [2.75, 3.05) is 5.73 Å². The topological polar surface area (TPSA) is 107 Å². The molecule has 0 saturated carbocycles. The molecule has 0 spiro atoms. The van der Waals surface area contributed by atoms with Gasteiger partial charge in [0.25, 0.3) is 0 Å². The molecule has 2 heterocycles. The van der Waals surface area contributed by atoms with Gasteiger partial charge in [0.1, 0.15) is 12.3 Å². The Balaban J connectivity index is 1.88. The van der Waals surface area contributed by atoms with Gasteiger partial charge in [-0.2, -0.15) is 0 Å². The summed E-state index contributed by atoms with van der Waals surface area (Å²) in [6.45, 7) is 0.299. The molecule has 7 heteroatoms. The molecule has 2 aromatic heterocycles. The third-order valence-electron chi connectivity index (χ3n) is 3.00. The van der Waals surface area contributed by atoms with Crippen LogP contribution in [0.1, 0.15) is 16.3 Å². The van der Waals surface area contributed by atoms with Crippen molar-refractivity contribution in [1.29, 1.82) is 0 Å². The first kappa shape index (κ1) is 12.9. The summed E-state index contributed by atoms with van der Waals surface area (Å²) in [6.07, 6.45) is 1.63. The SMILES string of the molecule is Nc1ccc(-c2cnnn2Cc2ccc(C(=O)O)o2)cc1. The van der Waals surface area contributed by atoms with Crippen molar-refractivity contribution in [3.05, 3.63) is 54.1 Å². The Morgan fingerprint density at radius 3 is 2.67 bits per heavy atom. The highest BCUT2D eigenvalue weighted by Crippen LogP contribution is 2.20. The van der Waals surface area contributed by atoms with Gasteiger partial charge in [0.15, 0.2) is 0 Å². The summed E-state index contributed by atoms with van der Waals surface area (Å²) in [5, 5.41) is 16.7. The highest BCUT2D eigenvalue weighted by molar-refractivity contribution is 5.84. The monoisotopic (exact) mass is 284 g/mol. The Morgan fingerprint density at radius 2 is 2.00 bits per heavy atom. The van der Waals surface area contributed by atoms with Gasteiger partial charge in [0.05, 0.1) is 11.9 Å². The van der Waals surface area contributed by atoms with Crippen LogP contribution in [0.3, 0.4) is 0 Å². The van der Waals surface area contributed by atoms with E-state index in [0.717, 1.165) is 11.3 Å². The van der Waals surface area contributed by atoms with E-state index in [1.165, 1.54) is 6.07 Å². The molecule has 106 valence electrons. The van der Waals surface area contributed by atoms with Crippen LogP contribution < -0.4 is 5.73 Å². The number of nitrogen functional groups attached to an aromatic ring is 1. The summed E-state index contributed by atoms with van der Waals surface area (Å²) in [4.78, 5) is 10.8. The van der Waals surface area contributed by atoms with Crippen molar-refractivity contribution < 1.29 is 14.3 Å². The lowest BCUT2D eigenvalue weighted by atomic mass is 10.1. The van der Waals surface area contributed by atoms with Crippen molar-refractivity contribution in [3.8, 4) is 11.3 Å². The second-order valence-corrected chi connectivity index (χ2v) is 4.47. The molecule has 3 N–H and O–H groups in total. The van der Waals surface area contributed by atoms with E-state index in [0.29, 0.717) is 18.0 Å². The van der Waals surface area contributed by atoms with Crippen molar-refractivity contribution in [2.24, 2.45) is 0 Å². The van der Waals surface area contributed by atoms with E-state index in [-0.39, 0.29) is 5.76 Å². The van der Waals surface area contributed by atoms with Crippen molar-refractivity contribution >= 4 is 11.7 Å². The normalized spacial score (nSPS) is 10.7. The van der Waals surface area contributed by atoms with Gasteiger partial charge < -0.3 is 15.3 Å². The highest BCUT2D eigenvalue weighted by Gasteiger charge is 2.12. The number of benzene rings is 1. The number of nitrogens with two attached hydrogens (primary N) is 1. The van der Waals surface area contributed by atoms with Crippen LogP contribution in [0, 0.1) is 0 Å². The quantitative estimate of drug-likeness (QED) is 0.708. The Hall–Kier alpha value is -3.09. The lowest BCUT2D eigenvalue weighted by Gasteiger charge is -2.05. The number of carboxylic acid groups (broad SMARTS) is 1. The molecular weight excluding hydrogens is 272 g/mol. The van der Waals surface area contributed by atoms with Crippen LogP contribution in [-0.4, -0.2) is 26.1 Å². The van der Waals surface area contributed by atoms with E-state index in [4.69, 9.17) is 15.3 Å². The van der Waals surface area contributed by atoms with E-state index < -0.39 is 5.97 Å². The number of hydrogen-bond donors (Lipinski definition) is 2. The van der Waals surface area contributed by atoms with Crippen LogP contribution in [0.15, 0.2) is 47.0 Å². The minimum atomic E-state index is -1.10. The summed E-state index contributed by atoms with van der Waals surface area (Å²) in [6, 6.07) is 10.4. The van der Waals surface area contributed by atoms with Crippen molar-refractivity contribution in [3.63, 3.8) is 0 Å². The van der Waals surface area contributed by atoms with E-state index >= 15 is 0 Å². The molecule has 0 aliphatic rings. The molecule has 0 atom stereocenters. The average Bonchev–Trinajstić information content (AvgIpc) is 3.10. The zero-order chi connectivity index (χ0) is 14.8. The van der Waals surface area contributed by atoms with Crippen LogP contribution in [-0.2, 0) is 6.54 Å². The molecule has 3 aromatic rings. The molecule has 7 nitrogen and oxygen atoms in total. The number of aromatic nitrogens is 3. The number of furan rings is 1. The molecule has 1 aromatic carbocycles. The molecule has 0 amide bonds. The molecule has 3 rings (SSSR count). The molecule has 21 heavy (non-hydrogen) atoms. The van der Waals surface area contributed by atoms with Gasteiger partial charge in [-0.3, -0.25) is 0 Å². The zero-order valence-electron chi connectivity index (χ0n) is 10.9. The largest absolute Gasteiger partial charge is 0.475 e. The second kappa shape index (κ2) is 5.12. The molecule has 0 aliphatic carbocycles. The van der Waals surface area contributed by atoms with E-state index in [9.17, 15) is 4.79 Å². The maximum Gasteiger partial charge on any atom is 0.371 e. The first-order valence-electron chi connectivity index (χ1n) is 6.20. The smallest absolute Gasteiger partial charge is 0.371 e. The molecule has 0 saturated heterocycles. The Bertz CT molecular complexity index is 774. The summed E-state index contributed by atoms with van der Waals surface area (Å²) in [5.74, 6) is -0.702. The summed E-state index contributed by atoms with van der Waals surface area (Å²) < 4.78 is 6.86. The van der Waals surface area contributed by atoms with Crippen LogP contribution in [0.25, 0.3) is 11.3 Å².